The number of likely N-dealkylation sites (tertiary alicyclic amines) is 1. The molecular weight excluding hydrogens is 436 g/mol. The van der Waals surface area contributed by atoms with Gasteiger partial charge in [-0.1, -0.05) is 12.1 Å². The molecule has 0 unspecified atom stereocenters. The molecule has 0 radical (unpaired) electrons. The second-order valence-corrected chi connectivity index (χ2v) is 7.73. The number of guanidine groups is 1. The Hall–Kier alpha value is -4.14. The van der Waals surface area contributed by atoms with E-state index in [1.165, 1.54) is 6.08 Å². The molecule has 3 rings (SSSR count). The van der Waals surface area contributed by atoms with E-state index < -0.39 is 5.97 Å². The minimum absolute atomic E-state index is 0.0563. The van der Waals surface area contributed by atoms with Crippen LogP contribution in [-0.2, 0) is 14.3 Å². The average molecular weight is 465 g/mol. The molecule has 178 valence electrons. The second kappa shape index (κ2) is 11.6. The van der Waals surface area contributed by atoms with Crippen LogP contribution in [0, 0.1) is 5.92 Å². The zero-order valence-corrected chi connectivity index (χ0v) is 19.0. The van der Waals surface area contributed by atoms with E-state index in [4.69, 9.17) is 20.9 Å². The number of hydrogen-bond acceptors (Lipinski definition) is 6. The Bertz CT molecular complexity index is 1070. The predicted molar refractivity (Wildman–Crippen MR) is 128 cm³/mol. The molecular formula is C25H28N4O5. The molecule has 9 nitrogen and oxygen atoms in total. The van der Waals surface area contributed by atoms with Gasteiger partial charge in [0, 0.05) is 19.2 Å². The molecule has 1 heterocycles. The van der Waals surface area contributed by atoms with Crippen molar-refractivity contribution in [1.29, 1.82) is 0 Å². The summed E-state index contributed by atoms with van der Waals surface area (Å²) in [4.78, 5) is 42.3. The summed E-state index contributed by atoms with van der Waals surface area (Å²) in [6, 6.07) is 13.2. The topological polar surface area (TPSA) is 137 Å². The van der Waals surface area contributed by atoms with E-state index >= 15 is 0 Å². The maximum absolute atomic E-state index is 12.5. The van der Waals surface area contributed by atoms with Gasteiger partial charge in [0.05, 0.1) is 23.8 Å². The van der Waals surface area contributed by atoms with Crippen LogP contribution < -0.4 is 16.2 Å². The Morgan fingerprint density at radius 3 is 2.26 bits per heavy atom. The van der Waals surface area contributed by atoms with Crippen molar-refractivity contribution in [2.45, 2.75) is 19.8 Å². The van der Waals surface area contributed by atoms with Crippen molar-refractivity contribution in [2.24, 2.45) is 22.4 Å². The standard InChI is InChI=1S/C25H28N4O5/c1-2-33-23(31)19-13-15-29(16-14-19)22(30)12-5-17-3-6-18(7-4-17)24(32)34-21-10-8-20(9-11-21)28-25(26)27/h3-12,19H,2,13-16H2,1H3,(H4,26,27,28)/b12-5+. The van der Waals surface area contributed by atoms with E-state index in [0.29, 0.717) is 49.5 Å². The molecule has 1 amide bonds. The van der Waals surface area contributed by atoms with E-state index in [2.05, 4.69) is 4.99 Å². The summed E-state index contributed by atoms with van der Waals surface area (Å²) in [7, 11) is 0. The van der Waals surface area contributed by atoms with Gasteiger partial charge in [0.25, 0.3) is 0 Å². The Morgan fingerprint density at radius 2 is 1.68 bits per heavy atom. The van der Waals surface area contributed by atoms with Gasteiger partial charge in [-0.2, -0.15) is 0 Å². The number of carbonyl (C=O) groups excluding carboxylic acids is 3. The summed E-state index contributed by atoms with van der Waals surface area (Å²) in [5.41, 5.74) is 12.4. The third-order valence-electron chi connectivity index (χ3n) is 5.30. The van der Waals surface area contributed by atoms with Crippen LogP contribution in [0.3, 0.4) is 0 Å². The molecule has 1 aliphatic rings. The van der Waals surface area contributed by atoms with E-state index in [1.54, 1.807) is 66.4 Å². The molecule has 0 saturated carbocycles. The highest BCUT2D eigenvalue weighted by atomic mass is 16.5. The summed E-state index contributed by atoms with van der Waals surface area (Å²) < 4.78 is 10.4. The lowest BCUT2D eigenvalue weighted by atomic mass is 9.97. The lowest BCUT2D eigenvalue weighted by Crippen LogP contribution is -2.39. The number of hydrogen-bond donors (Lipinski definition) is 2. The molecule has 1 aliphatic heterocycles. The lowest BCUT2D eigenvalue weighted by Gasteiger charge is -2.30. The van der Waals surface area contributed by atoms with Gasteiger partial charge in [0.1, 0.15) is 5.75 Å². The van der Waals surface area contributed by atoms with Gasteiger partial charge in [-0.05, 0) is 67.8 Å². The van der Waals surface area contributed by atoms with E-state index in [9.17, 15) is 14.4 Å². The Balaban J connectivity index is 1.51. The van der Waals surface area contributed by atoms with E-state index in [1.807, 2.05) is 0 Å². The van der Waals surface area contributed by atoms with Gasteiger partial charge in [-0.15, -0.1) is 0 Å². The van der Waals surface area contributed by atoms with Crippen molar-refractivity contribution in [1.82, 2.24) is 4.90 Å². The van der Waals surface area contributed by atoms with Gasteiger partial charge in [0.2, 0.25) is 5.91 Å². The minimum Gasteiger partial charge on any atom is -0.466 e. The van der Waals surface area contributed by atoms with Gasteiger partial charge in [-0.25, -0.2) is 9.79 Å². The number of benzene rings is 2. The van der Waals surface area contributed by atoms with Crippen molar-refractivity contribution in [3.8, 4) is 5.75 Å². The Morgan fingerprint density at radius 1 is 1.03 bits per heavy atom. The zero-order chi connectivity index (χ0) is 24.5. The van der Waals surface area contributed by atoms with Crippen LogP contribution in [0.1, 0.15) is 35.7 Å². The number of rotatable bonds is 7. The maximum atomic E-state index is 12.5. The maximum Gasteiger partial charge on any atom is 0.343 e. The highest BCUT2D eigenvalue weighted by molar-refractivity contribution is 5.93. The summed E-state index contributed by atoms with van der Waals surface area (Å²) in [6.07, 6.45) is 4.39. The summed E-state index contributed by atoms with van der Waals surface area (Å²) in [6.45, 7) is 3.19. The highest BCUT2D eigenvalue weighted by Gasteiger charge is 2.27. The molecule has 1 fully saturated rings. The molecule has 2 aromatic carbocycles. The molecule has 0 aliphatic carbocycles. The molecule has 4 N–H and O–H groups in total. The fourth-order valence-electron chi connectivity index (χ4n) is 3.50. The number of esters is 2. The molecule has 2 aromatic rings. The zero-order valence-electron chi connectivity index (χ0n) is 19.0. The summed E-state index contributed by atoms with van der Waals surface area (Å²) >= 11 is 0. The molecule has 0 atom stereocenters. The van der Waals surface area contributed by atoms with Crippen LogP contribution in [0.4, 0.5) is 5.69 Å². The summed E-state index contributed by atoms with van der Waals surface area (Å²) in [5, 5.41) is 0. The number of aliphatic imine (C=N–C) groups is 1. The normalized spacial score (nSPS) is 14.0. The van der Waals surface area contributed by atoms with Crippen LogP contribution >= 0.6 is 0 Å². The number of amides is 1. The first-order valence-corrected chi connectivity index (χ1v) is 11.0. The quantitative estimate of drug-likeness (QED) is 0.211. The minimum atomic E-state index is -0.509. The second-order valence-electron chi connectivity index (χ2n) is 7.73. The molecule has 0 aromatic heterocycles. The van der Waals surface area contributed by atoms with E-state index in [0.717, 1.165) is 5.56 Å². The van der Waals surface area contributed by atoms with Gasteiger partial charge < -0.3 is 25.8 Å². The first-order chi connectivity index (χ1) is 16.4. The number of nitrogens with zero attached hydrogens (tertiary/aromatic N) is 2. The Labute approximate surface area is 198 Å². The SMILES string of the molecule is CCOC(=O)C1CCN(C(=O)/C=C/c2ccc(C(=O)Oc3ccc(N=C(N)N)cc3)cc2)CC1. The first-order valence-electron chi connectivity index (χ1n) is 11.0. The fourth-order valence-corrected chi connectivity index (χ4v) is 3.50. The Kier molecular flexibility index (Phi) is 8.39. The third kappa shape index (κ3) is 6.93. The number of nitrogens with two attached hydrogens (primary N) is 2. The third-order valence-corrected chi connectivity index (χ3v) is 5.30. The van der Waals surface area contributed by atoms with Crippen molar-refractivity contribution < 1.29 is 23.9 Å². The van der Waals surface area contributed by atoms with Crippen LogP contribution in [0.2, 0.25) is 0 Å². The number of ether oxygens (including phenoxy) is 2. The number of carbonyl (C=O) groups is 3. The van der Waals surface area contributed by atoms with Crippen molar-refractivity contribution in [3.05, 3.63) is 65.7 Å². The van der Waals surface area contributed by atoms with Crippen LogP contribution in [0.15, 0.2) is 59.6 Å². The van der Waals surface area contributed by atoms with Gasteiger partial charge in [-0.3, -0.25) is 9.59 Å². The predicted octanol–water partition coefficient (Wildman–Crippen LogP) is 2.63. The van der Waals surface area contributed by atoms with Crippen molar-refractivity contribution in [2.75, 3.05) is 19.7 Å². The first kappa shape index (κ1) is 24.5. The highest BCUT2D eigenvalue weighted by Crippen LogP contribution is 2.20. The largest absolute Gasteiger partial charge is 0.466 e. The average Bonchev–Trinajstić information content (AvgIpc) is 2.84. The van der Waals surface area contributed by atoms with Crippen LogP contribution in [0.5, 0.6) is 5.75 Å². The fraction of sp³-hybridized carbons (Fsp3) is 0.280. The molecule has 9 heteroatoms. The molecule has 0 bridgehead atoms. The summed E-state index contributed by atoms with van der Waals surface area (Å²) in [5.74, 6) is -0.649. The van der Waals surface area contributed by atoms with Gasteiger partial charge >= 0.3 is 11.9 Å². The van der Waals surface area contributed by atoms with Crippen molar-refractivity contribution >= 4 is 35.6 Å². The lowest BCUT2D eigenvalue weighted by molar-refractivity contribution is -0.150. The molecule has 1 saturated heterocycles. The van der Waals surface area contributed by atoms with Crippen LogP contribution in [-0.4, -0.2) is 48.4 Å². The molecule has 0 spiro atoms. The van der Waals surface area contributed by atoms with Crippen LogP contribution in [0.25, 0.3) is 6.08 Å². The smallest absolute Gasteiger partial charge is 0.343 e. The monoisotopic (exact) mass is 464 g/mol. The van der Waals surface area contributed by atoms with Crippen molar-refractivity contribution in [3.63, 3.8) is 0 Å². The van der Waals surface area contributed by atoms with Gasteiger partial charge in [0.15, 0.2) is 5.96 Å². The number of piperidine rings is 1. The molecule has 34 heavy (non-hydrogen) atoms. The van der Waals surface area contributed by atoms with E-state index in [-0.39, 0.29) is 23.8 Å².